The standard InChI is InChI=1S/C11H14ClN5O2S2/c1-2-21(18,19)10-6-20-4-3-16(10)9-5-8(12)15-11-13-7-14-17(9)11/h5,7,10H,2-4,6H2,1H3. The summed E-state index contributed by atoms with van der Waals surface area (Å²) in [5.41, 5.74) is 0. The molecule has 0 aliphatic carbocycles. The van der Waals surface area contributed by atoms with E-state index in [1.54, 1.807) is 24.8 Å². The highest BCUT2D eigenvalue weighted by Gasteiger charge is 2.34. The second-order valence-electron chi connectivity index (χ2n) is 4.58. The summed E-state index contributed by atoms with van der Waals surface area (Å²) in [7, 11) is -3.20. The molecule has 1 unspecified atom stereocenters. The molecule has 0 radical (unpaired) electrons. The van der Waals surface area contributed by atoms with Gasteiger partial charge in [-0.1, -0.05) is 18.5 Å². The van der Waals surface area contributed by atoms with Crippen LogP contribution in [0.5, 0.6) is 0 Å². The van der Waals surface area contributed by atoms with Gasteiger partial charge in [-0.05, 0) is 0 Å². The minimum atomic E-state index is -3.20. The van der Waals surface area contributed by atoms with Crippen LogP contribution >= 0.6 is 23.4 Å². The molecule has 0 bridgehead atoms. The molecule has 1 fully saturated rings. The number of hydrogen-bond donors (Lipinski definition) is 0. The van der Waals surface area contributed by atoms with E-state index in [2.05, 4.69) is 15.1 Å². The monoisotopic (exact) mass is 347 g/mol. The van der Waals surface area contributed by atoms with E-state index in [9.17, 15) is 8.42 Å². The maximum absolute atomic E-state index is 12.3. The molecular formula is C11H14ClN5O2S2. The van der Waals surface area contributed by atoms with Crippen LogP contribution in [0.25, 0.3) is 5.78 Å². The van der Waals surface area contributed by atoms with Crippen molar-refractivity contribution in [1.82, 2.24) is 19.6 Å². The van der Waals surface area contributed by atoms with Gasteiger partial charge in [0.2, 0.25) is 0 Å². The molecule has 21 heavy (non-hydrogen) atoms. The van der Waals surface area contributed by atoms with Crippen LogP contribution in [0.3, 0.4) is 0 Å². The number of sulfone groups is 1. The Morgan fingerprint density at radius 3 is 3.10 bits per heavy atom. The highest BCUT2D eigenvalue weighted by Crippen LogP contribution is 2.28. The third-order valence-electron chi connectivity index (χ3n) is 3.40. The molecule has 3 rings (SSSR count). The third kappa shape index (κ3) is 2.69. The molecule has 10 heteroatoms. The summed E-state index contributed by atoms with van der Waals surface area (Å²) in [5, 5.41) is 3.82. The van der Waals surface area contributed by atoms with E-state index in [0.717, 1.165) is 5.75 Å². The maximum atomic E-state index is 12.3. The van der Waals surface area contributed by atoms with E-state index in [0.29, 0.717) is 23.9 Å². The highest BCUT2D eigenvalue weighted by atomic mass is 35.5. The van der Waals surface area contributed by atoms with Crippen molar-refractivity contribution in [3.05, 3.63) is 17.5 Å². The quantitative estimate of drug-likeness (QED) is 0.769. The molecule has 0 amide bonds. The molecule has 1 aliphatic rings. The first-order valence-electron chi connectivity index (χ1n) is 6.45. The van der Waals surface area contributed by atoms with Crippen molar-refractivity contribution in [2.24, 2.45) is 0 Å². The minimum Gasteiger partial charge on any atom is -0.338 e. The van der Waals surface area contributed by atoms with Crippen molar-refractivity contribution in [2.45, 2.75) is 12.3 Å². The van der Waals surface area contributed by atoms with E-state index >= 15 is 0 Å². The molecule has 7 nitrogen and oxygen atoms in total. The largest absolute Gasteiger partial charge is 0.338 e. The lowest BCUT2D eigenvalue weighted by Gasteiger charge is -2.36. The average Bonchev–Trinajstić information content (AvgIpc) is 2.94. The second-order valence-corrected chi connectivity index (χ2v) is 8.57. The van der Waals surface area contributed by atoms with Crippen LogP contribution in [-0.4, -0.2) is 57.2 Å². The predicted octanol–water partition coefficient (Wildman–Crippen LogP) is 1.09. The second kappa shape index (κ2) is 5.62. The molecule has 2 aromatic heterocycles. The Bertz CT molecular complexity index is 763. The van der Waals surface area contributed by atoms with Crippen LogP contribution in [0.1, 0.15) is 6.92 Å². The topological polar surface area (TPSA) is 80.5 Å². The molecule has 114 valence electrons. The predicted molar refractivity (Wildman–Crippen MR) is 83.7 cm³/mol. The summed E-state index contributed by atoms with van der Waals surface area (Å²) < 4.78 is 26.2. The Morgan fingerprint density at radius 1 is 1.52 bits per heavy atom. The first-order valence-corrected chi connectivity index (χ1v) is 9.70. The van der Waals surface area contributed by atoms with Crippen LogP contribution < -0.4 is 4.90 Å². The highest BCUT2D eigenvalue weighted by molar-refractivity contribution is 8.01. The lowest BCUT2D eigenvalue weighted by atomic mass is 10.4. The number of anilines is 1. The van der Waals surface area contributed by atoms with Gasteiger partial charge in [0.15, 0.2) is 9.84 Å². The van der Waals surface area contributed by atoms with E-state index < -0.39 is 15.2 Å². The molecule has 1 aliphatic heterocycles. The van der Waals surface area contributed by atoms with E-state index in [1.807, 2.05) is 4.90 Å². The van der Waals surface area contributed by atoms with Gasteiger partial charge < -0.3 is 4.90 Å². The van der Waals surface area contributed by atoms with Gasteiger partial charge in [0.1, 0.15) is 22.7 Å². The maximum Gasteiger partial charge on any atom is 0.255 e. The number of fused-ring (bicyclic) bond motifs is 1. The fourth-order valence-electron chi connectivity index (χ4n) is 2.31. The summed E-state index contributed by atoms with van der Waals surface area (Å²) in [6, 6.07) is 1.64. The SMILES string of the molecule is CCS(=O)(=O)C1CSCCN1c1cc(Cl)nc2ncnn12. The Labute approximate surface area is 131 Å². The Kier molecular flexibility index (Phi) is 3.98. The lowest BCUT2D eigenvalue weighted by Crippen LogP contribution is -2.48. The fraction of sp³-hybridized carbons (Fsp3) is 0.545. The van der Waals surface area contributed by atoms with Crippen LogP contribution in [0.15, 0.2) is 12.4 Å². The van der Waals surface area contributed by atoms with Crippen molar-refractivity contribution in [2.75, 3.05) is 28.7 Å². The van der Waals surface area contributed by atoms with E-state index in [-0.39, 0.29) is 10.9 Å². The van der Waals surface area contributed by atoms with Crippen molar-refractivity contribution in [3.63, 3.8) is 0 Å². The summed E-state index contributed by atoms with van der Waals surface area (Å²) in [5.74, 6) is 2.47. The molecule has 1 atom stereocenters. The van der Waals surface area contributed by atoms with Crippen LogP contribution in [-0.2, 0) is 9.84 Å². The summed E-state index contributed by atoms with van der Waals surface area (Å²) in [6.07, 6.45) is 1.38. The van der Waals surface area contributed by atoms with Crippen molar-refractivity contribution >= 4 is 44.8 Å². The Hall–Kier alpha value is -1.06. The number of nitrogens with zero attached hydrogens (tertiary/aromatic N) is 5. The fourth-order valence-corrected chi connectivity index (χ4v) is 5.46. The number of thioether (sulfide) groups is 1. The van der Waals surface area contributed by atoms with E-state index in [1.165, 1.54) is 10.8 Å². The average molecular weight is 348 g/mol. The molecule has 0 saturated carbocycles. The van der Waals surface area contributed by atoms with Crippen LogP contribution in [0.4, 0.5) is 5.82 Å². The third-order valence-corrected chi connectivity index (χ3v) is 6.88. The van der Waals surface area contributed by atoms with Crippen molar-refractivity contribution in [1.29, 1.82) is 0 Å². The van der Waals surface area contributed by atoms with Crippen LogP contribution in [0, 0.1) is 0 Å². The number of rotatable bonds is 3. The van der Waals surface area contributed by atoms with Gasteiger partial charge in [0.05, 0.1) is 0 Å². The first-order chi connectivity index (χ1) is 10.0. The van der Waals surface area contributed by atoms with Gasteiger partial charge >= 0.3 is 0 Å². The van der Waals surface area contributed by atoms with Crippen molar-refractivity contribution in [3.8, 4) is 0 Å². The molecule has 0 aromatic carbocycles. The summed E-state index contributed by atoms with van der Waals surface area (Å²) >= 11 is 7.66. The molecule has 3 heterocycles. The molecular weight excluding hydrogens is 334 g/mol. The lowest BCUT2D eigenvalue weighted by molar-refractivity contribution is 0.578. The smallest absolute Gasteiger partial charge is 0.255 e. The Morgan fingerprint density at radius 2 is 2.33 bits per heavy atom. The molecule has 0 spiro atoms. The summed E-state index contributed by atoms with van der Waals surface area (Å²) in [6.45, 7) is 2.28. The zero-order chi connectivity index (χ0) is 15.0. The van der Waals surface area contributed by atoms with Gasteiger partial charge in [0.25, 0.3) is 5.78 Å². The van der Waals surface area contributed by atoms with Gasteiger partial charge in [-0.3, -0.25) is 0 Å². The number of halogens is 1. The minimum absolute atomic E-state index is 0.105. The number of aromatic nitrogens is 4. The molecule has 0 N–H and O–H groups in total. The number of hydrogen-bond acceptors (Lipinski definition) is 7. The normalized spacial score (nSPS) is 20.1. The van der Waals surface area contributed by atoms with Crippen LogP contribution in [0.2, 0.25) is 5.15 Å². The molecule has 2 aromatic rings. The van der Waals surface area contributed by atoms with Gasteiger partial charge in [-0.2, -0.15) is 31.3 Å². The zero-order valence-corrected chi connectivity index (χ0v) is 13.7. The van der Waals surface area contributed by atoms with Gasteiger partial charge in [-0.15, -0.1) is 0 Å². The zero-order valence-electron chi connectivity index (χ0n) is 11.3. The summed E-state index contributed by atoms with van der Waals surface area (Å²) in [4.78, 5) is 9.93. The van der Waals surface area contributed by atoms with E-state index in [4.69, 9.17) is 11.6 Å². The van der Waals surface area contributed by atoms with Crippen molar-refractivity contribution < 1.29 is 8.42 Å². The Balaban J connectivity index is 2.12. The van der Waals surface area contributed by atoms with Gasteiger partial charge in [0, 0.05) is 29.9 Å². The first kappa shape index (κ1) is 14.9. The van der Waals surface area contributed by atoms with Gasteiger partial charge in [-0.25, -0.2) is 8.42 Å². The molecule has 1 saturated heterocycles.